The lowest BCUT2D eigenvalue weighted by Crippen LogP contribution is -2.51. The number of hydrogen-bond acceptors (Lipinski definition) is 3. The minimum Gasteiger partial charge on any atom is -0.324 e. The Morgan fingerprint density at radius 3 is 2.40 bits per heavy atom. The molecule has 3 atom stereocenters. The van der Waals surface area contributed by atoms with Gasteiger partial charge in [-0.1, -0.05) is 60.7 Å². The second kappa shape index (κ2) is 6.89. The van der Waals surface area contributed by atoms with E-state index in [-0.39, 0.29) is 23.4 Å². The fraction of sp³-hybridized carbons (Fsp3) is 0.200. The quantitative estimate of drug-likeness (QED) is 0.671. The number of likely N-dealkylation sites (N-methyl/N-ethyl adjacent to an activating group) is 1. The average molecular weight is 400 g/mol. The first kappa shape index (κ1) is 18.7. The second-order valence-electron chi connectivity index (χ2n) is 8.01. The van der Waals surface area contributed by atoms with E-state index >= 15 is 0 Å². The predicted octanol–water partition coefficient (Wildman–Crippen LogP) is 4.20. The molecular formula is C25H21FN2O2. The van der Waals surface area contributed by atoms with Gasteiger partial charge in [-0.3, -0.25) is 14.5 Å². The number of ketones is 1. The van der Waals surface area contributed by atoms with Crippen molar-refractivity contribution in [3.63, 3.8) is 0 Å². The van der Waals surface area contributed by atoms with Gasteiger partial charge in [0.2, 0.25) is 5.91 Å². The number of carbonyl (C=O) groups excluding carboxylic acids is 2. The lowest BCUT2D eigenvalue weighted by atomic mass is 9.70. The summed E-state index contributed by atoms with van der Waals surface area (Å²) in [5, 5.41) is 2.99. The molecule has 30 heavy (non-hydrogen) atoms. The summed E-state index contributed by atoms with van der Waals surface area (Å²) in [6.07, 6.45) is 0. The van der Waals surface area contributed by atoms with Gasteiger partial charge in [-0.2, -0.15) is 0 Å². The number of amides is 1. The molecule has 0 unspecified atom stereocenters. The minimum atomic E-state index is -1.11. The molecule has 1 spiro atoms. The summed E-state index contributed by atoms with van der Waals surface area (Å²) in [7, 11) is 1.89. The van der Waals surface area contributed by atoms with E-state index in [4.69, 9.17) is 0 Å². The number of Topliss-reactive ketones (excluding diaryl/α,β-unsaturated/α-hetero) is 1. The van der Waals surface area contributed by atoms with Gasteiger partial charge < -0.3 is 5.32 Å². The van der Waals surface area contributed by atoms with E-state index in [2.05, 4.69) is 5.32 Å². The molecule has 1 amide bonds. The molecule has 2 aliphatic rings. The van der Waals surface area contributed by atoms with Crippen LogP contribution in [0.1, 0.15) is 27.4 Å². The molecule has 3 aromatic rings. The van der Waals surface area contributed by atoms with Crippen molar-refractivity contribution in [2.24, 2.45) is 5.92 Å². The van der Waals surface area contributed by atoms with Crippen LogP contribution in [0.15, 0.2) is 78.9 Å². The third-order valence-electron chi connectivity index (χ3n) is 6.50. The molecule has 0 radical (unpaired) electrons. The summed E-state index contributed by atoms with van der Waals surface area (Å²) < 4.78 is 13.6. The zero-order valence-electron chi connectivity index (χ0n) is 16.5. The predicted molar refractivity (Wildman–Crippen MR) is 113 cm³/mol. The van der Waals surface area contributed by atoms with Gasteiger partial charge in [0.1, 0.15) is 11.4 Å². The highest BCUT2D eigenvalue weighted by Crippen LogP contribution is 2.55. The largest absolute Gasteiger partial charge is 0.324 e. The molecule has 0 aromatic heterocycles. The zero-order chi connectivity index (χ0) is 20.9. The van der Waals surface area contributed by atoms with Gasteiger partial charge in [-0.25, -0.2) is 4.39 Å². The van der Waals surface area contributed by atoms with Crippen LogP contribution in [0, 0.1) is 11.7 Å². The van der Waals surface area contributed by atoms with Crippen LogP contribution in [0.5, 0.6) is 0 Å². The van der Waals surface area contributed by atoms with Gasteiger partial charge in [0.05, 0.1) is 5.92 Å². The summed E-state index contributed by atoms with van der Waals surface area (Å²) in [6, 6.07) is 22.9. The van der Waals surface area contributed by atoms with Gasteiger partial charge in [0, 0.05) is 29.3 Å². The van der Waals surface area contributed by atoms with Crippen LogP contribution in [0.3, 0.4) is 0 Å². The summed E-state index contributed by atoms with van der Waals surface area (Å²) in [5.41, 5.74) is 1.87. The Morgan fingerprint density at radius 2 is 1.67 bits per heavy atom. The van der Waals surface area contributed by atoms with Crippen LogP contribution in [-0.4, -0.2) is 30.2 Å². The second-order valence-corrected chi connectivity index (χ2v) is 8.01. The summed E-state index contributed by atoms with van der Waals surface area (Å²) in [6.45, 7) is 0.511. The van der Waals surface area contributed by atoms with E-state index in [1.165, 1.54) is 12.1 Å². The zero-order valence-corrected chi connectivity index (χ0v) is 16.5. The van der Waals surface area contributed by atoms with Crippen molar-refractivity contribution in [2.75, 3.05) is 18.9 Å². The van der Waals surface area contributed by atoms with E-state index in [0.29, 0.717) is 12.1 Å². The van der Waals surface area contributed by atoms with E-state index in [0.717, 1.165) is 16.8 Å². The van der Waals surface area contributed by atoms with Gasteiger partial charge in [0.25, 0.3) is 0 Å². The number of anilines is 1. The topological polar surface area (TPSA) is 49.4 Å². The smallest absolute Gasteiger partial charge is 0.250 e. The normalized spacial score (nSPS) is 25.3. The first-order valence-corrected chi connectivity index (χ1v) is 10.0. The molecule has 4 nitrogen and oxygen atoms in total. The first-order valence-electron chi connectivity index (χ1n) is 10.0. The van der Waals surface area contributed by atoms with Crippen LogP contribution in [0.2, 0.25) is 0 Å². The van der Waals surface area contributed by atoms with Crippen molar-refractivity contribution < 1.29 is 14.0 Å². The fourth-order valence-corrected chi connectivity index (χ4v) is 5.19. The monoisotopic (exact) mass is 400 g/mol. The van der Waals surface area contributed by atoms with Crippen LogP contribution in [0.25, 0.3) is 0 Å². The number of hydrogen-bond donors (Lipinski definition) is 1. The third-order valence-corrected chi connectivity index (χ3v) is 6.50. The van der Waals surface area contributed by atoms with Gasteiger partial charge >= 0.3 is 0 Å². The Balaban J connectivity index is 1.73. The number of rotatable bonds is 3. The third kappa shape index (κ3) is 2.55. The Kier molecular flexibility index (Phi) is 4.29. The van der Waals surface area contributed by atoms with Crippen LogP contribution in [-0.2, 0) is 10.3 Å². The van der Waals surface area contributed by atoms with Crippen LogP contribution < -0.4 is 5.32 Å². The maximum Gasteiger partial charge on any atom is 0.250 e. The van der Waals surface area contributed by atoms with Crippen LogP contribution >= 0.6 is 0 Å². The van der Waals surface area contributed by atoms with E-state index < -0.39 is 11.5 Å². The number of benzene rings is 3. The number of fused-ring (bicyclic) bond motifs is 2. The van der Waals surface area contributed by atoms with Gasteiger partial charge in [-0.15, -0.1) is 0 Å². The molecule has 150 valence electrons. The Hall–Kier alpha value is -3.31. The first-order chi connectivity index (χ1) is 14.5. The standard InChI is InChI=1S/C25H21FN2O2/c1-28-15-19(16-11-13-18(26)14-12-16)22(23(29)17-7-3-2-4-8-17)25(28)20-9-5-6-10-21(20)27-24(25)30/h2-14,19,22H,15H2,1H3,(H,27,30)/t19-,22-,25-/m1/s1. The lowest BCUT2D eigenvalue weighted by molar-refractivity contribution is -0.126. The van der Waals surface area contributed by atoms with Crippen LogP contribution in [0.4, 0.5) is 10.1 Å². The van der Waals surface area contributed by atoms with E-state index in [9.17, 15) is 14.0 Å². The fourth-order valence-electron chi connectivity index (χ4n) is 5.19. The highest BCUT2D eigenvalue weighted by molar-refractivity contribution is 6.12. The molecule has 2 aliphatic heterocycles. The minimum absolute atomic E-state index is 0.0823. The number of nitrogens with one attached hydrogen (secondary N) is 1. The Morgan fingerprint density at radius 1 is 1.00 bits per heavy atom. The van der Waals surface area contributed by atoms with E-state index in [1.807, 2.05) is 54.4 Å². The Bertz CT molecular complexity index is 1130. The molecule has 0 saturated carbocycles. The van der Waals surface area contributed by atoms with Crippen molar-refractivity contribution in [3.05, 3.63) is 101 Å². The summed E-state index contributed by atoms with van der Waals surface area (Å²) >= 11 is 0. The average Bonchev–Trinajstić information content (AvgIpc) is 3.24. The molecule has 1 saturated heterocycles. The molecular weight excluding hydrogens is 379 g/mol. The van der Waals surface area contributed by atoms with Gasteiger partial charge in [-0.05, 0) is 30.8 Å². The number of likely N-dealkylation sites (tertiary alicyclic amines) is 1. The molecule has 5 rings (SSSR count). The maximum absolute atomic E-state index is 13.9. The molecule has 1 fully saturated rings. The van der Waals surface area contributed by atoms with Gasteiger partial charge in [0.15, 0.2) is 5.78 Å². The highest BCUT2D eigenvalue weighted by atomic mass is 19.1. The molecule has 0 aliphatic carbocycles. The molecule has 5 heteroatoms. The number of para-hydroxylation sites is 1. The summed E-state index contributed by atoms with van der Waals surface area (Å²) in [4.78, 5) is 29.3. The highest BCUT2D eigenvalue weighted by Gasteiger charge is 2.64. The molecule has 2 heterocycles. The number of nitrogens with zero attached hydrogens (tertiary/aromatic N) is 1. The lowest BCUT2D eigenvalue weighted by Gasteiger charge is -2.35. The Labute approximate surface area is 174 Å². The van der Waals surface area contributed by atoms with Crippen molar-refractivity contribution in [3.8, 4) is 0 Å². The number of halogens is 1. The van der Waals surface area contributed by atoms with E-state index in [1.54, 1.807) is 24.3 Å². The van der Waals surface area contributed by atoms with Crippen molar-refractivity contribution in [1.82, 2.24) is 4.90 Å². The SMILES string of the molecule is CN1C[C@H](c2ccc(F)cc2)[C@H](C(=O)c2ccccc2)[C@]12C(=O)Nc1ccccc12. The molecule has 0 bridgehead atoms. The maximum atomic E-state index is 13.9. The number of carbonyl (C=O) groups is 2. The summed E-state index contributed by atoms with van der Waals surface area (Å²) in [5.74, 6) is -1.49. The van der Waals surface area contributed by atoms with Crippen molar-refractivity contribution >= 4 is 17.4 Å². The molecule has 1 N–H and O–H groups in total. The van der Waals surface area contributed by atoms with Crippen molar-refractivity contribution in [1.29, 1.82) is 0 Å². The van der Waals surface area contributed by atoms with Crippen molar-refractivity contribution in [2.45, 2.75) is 11.5 Å². The molecule has 3 aromatic carbocycles.